The molecule has 1 saturated heterocycles. The fourth-order valence-electron chi connectivity index (χ4n) is 2.82. The second-order valence-electron chi connectivity index (χ2n) is 6.15. The van der Waals surface area contributed by atoms with Crippen molar-refractivity contribution in [1.82, 2.24) is 9.88 Å². The van der Waals surface area contributed by atoms with Crippen molar-refractivity contribution >= 4 is 15.8 Å². The summed E-state index contributed by atoms with van der Waals surface area (Å²) in [6, 6.07) is 10.1. The van der Waals surface area contributed by atoms with E-state index in [0.717, 1.165) is 61.5 Å². The van der Waals surface area contributed by atoms with Crippen molar-refractivity contribution in [1.29, 1.82) is 0 Å². The number of hydrogen-bond acceptors (Lipinski definition) is 4. The first-order valence-electron chi connectivity index (χ1n) is 8.99. The molecule has 0 bridgehead atoms. The van der Waals surface area contributed by atoms with Gasteiger partial charge in [-0.15, -0.1) is 0 Å². The molecular weight excluding hydrogens is 387 g/mol. The Hall–Kier alpha value is -1.79. The molecule has 1 fully saturated rings. The fraction of sp³-hybridized carbons (Fsp3) is 0.381. The van der Waals surface area contributed by atoms with E-state index in [1.807, 2.05) is 24.3 Å². The first kappa shape index (κ1) is 19.0. The Balaban J connectivity index is 1.63. The van der Waals surface area contributed by atoms with Crippen LogP contribution >= 0.6 is 0 Å². The molecule has 1 aromatic heterocycles. The summed E-state index contributed by atoms with van der Waals surface area (Å²) in [6.07, 6.45) is 4.39. The number of benzene rings is 1. The average Bonchev–Trinajstić information content (AvgIpc) is 2.69. The van der Waals surface area contributed by atoms with Crippen LogP contribution in [0.2, 0.25) is 5.71 Å². The molecule has 1 unspecified atom stereocenters. The maximum atomic E-state index is 6.01. The summed E-state index contributed by atoms with van der Waals surface area (Å²) < 4.78 is 11.4. The van der Waals surface area contributed by atoms with E-state index < -0.39 is 0 Å². The van der Waals surface area contributed by atoms with Gasteiger partial charge < -0.3 is 0 Å². The number of ether oxygens (including phenoxy) is 2. The van der Waals surface area contributed by atoms with Gasteiger partial charge in [0.1, 0.15) is 0 Å². The molecule has 1 aromatic carbocycles. The van der Waals surface area contributed by atoms with E-state index in [4.69, 9.17) is 9.47 Å². The van der Waals surface area contributed by atoms with E-state index >= 15 is 0 Å². The molecule has 3 rings (SSSR count). The van der Waals surface area contributed by atoms with Crippen molar-refractivity contribution in [2.24, 2.45) is 0 Å². The Morgan fingerprint density at radius 3 is 2.92 bits per heavy atom. The van der Waals surface area contributed by atoms with E-state index in [0.29, 0.717) is 0 Å². The summed E-state index contributed by atoms with van der Waals surface area (Å²) in [5.74, 6) is 8.32. The summed E-state index contributed by atoms with van der Waals surface area (Å²) >= 11 is 0.00749. The third-order valence-electron chi connectivity index (χ3n) is 4.18. The van der Waals surface area contributed by atoms with Crippen LogP contribution in [0.4, 0.5) is 0 Å². The third kappa shape index (κ3) is 5.88. The Morgan fingerprint density at radius 2 is 2.15 bits per heavy atom. The molecule has 1 aliphatic heterocycles. The molecule has 5 heteroatoms. The standard InChI is InChI=1S/C21H25AsN2O2/c1-22-16-19-15-18(5-2-3-10-24-11-13-25-14-12-24)7-8-21(19)26-20-6-4-9-23-17-20/h4,6-9,15,17,22H,3,10-14,16H2,1H3. The van der Waals surface area contributed by atoms with Crippen LogP contribution in [0, 0.1) is 11.8 Å². The average molecular weight is 412 g/mol. The van der Waals surface area contributed by atoms with Crippen LogP contribution in [-0.2, 0) is 9.95 Å². The van der Waals surface area contributed by atoms with Gasteiger partial charge in [0.15, 0.2) is 0 Å². The second kappa shape index (κ2) is 10.4. The zero-order chi connectivity index (χ0) is 18.0. The molecule has 1 aliphatic rings. The molecule has 1 atom stereocenters. The summed E-state index contributed by atoms with van der Waals surface area (Å²) in [7, 11) is 0. The van der Waals surface area contributed by atoms with Gasteiger partial charge in [-0.2, -0.15) is 0 Å². The van der Waals surface area contributed by atoms with Crippen LogP contribution in [0.5, 0.6) is 11.5 Å². The van der Waals surface area contributed by atoms with Crippen LogP contribution in [-0.4, -0.2) is 58.5 Å². The van der Waals surface area contributed by atoms with Crippen LogP contribution < -0.4 is 4.74 Å². The Kier molecular flexibility index (Phi) is 7.58. The molecule has 0 spiro atoms. The third-order valence-corrected chi connectivity index (χ3v) is 5.72. The predicted octanol–water partition coefficient (Wildman–Crippen LogP) is 2.93. The number of morpholine rings is 1. The minimum absolute atomic E-state index is 0.00749. The summed E-state index contributed by atoms with van der Waals surface area (Å²) in [5.41, 5.74) is 4.62. The van der Waals surface area contributed by atoms with Crippen LogP contribution in [0.1, 0.15) is 17.5 Å². The SMILES string of the molecule is C[AsH]Cc1cc(C#CCCN2CCOCC2)ccc1Oc1cccnc1. The van der Waals surface area contributed by atoms with Crippen LogP contribution in [0.3, 0.4) is 0 Å². The van der Waals surface area contributed by atoms with Gasteiger partial charge in [0.25, 0.3) is 0 Å². The minimum atomic E-state index is 0.00749. The molecule has 136 valence electrons. The quantitative estimate of drug-likeness (QED) is 0.540. The zero-order valence-electron chi connectivity index (χ0n) is 15.2. The van der Waals surface area contributed by atoms with Gasteiger partial charge in [-0.1, -0.05) is 0 Å². The number of aromatic nitrogens is 1. The monoisotopic (exact) mass is 412 g/mol. The molecule has 26 heavy (non-hydrogen) atoms. The Labute approximate surface area is 162 Å². The van der Waals surface area contributed by atoms with Crippen LogP contribution in [0.15, 0.2) is 42.7 Å². The van der Waals surface area contributed by atoms with Crippen molar-refractivity contribution in [2.45, 2.75) is 17.3 Å². The Morgan fingerprint density at radius 1 is 1.27 bits per heavy atom. The van der Waals surface area contributed by atoms with Gasteiger partial charge in [-0.05, 0) is 0 Å². The van der Waals surface area contributed by atoms with Crippen molar-refractivity contribution in [3.63, 3.8) is 0 Å². The normalized spacial score (nSPS) is 15.0. The van der Waals surface area contributed by atoms with E-state index in [-0.39, 0.29) is 15.8 Å². The molecule has 4 nitrogen and oxygen atoms in total. The molecule has 0 N–H and O–H groups in total. The van der Waals surface area contributed by atoms with E-state index in [1.165, 1.54) is 5.56 Å². The fourth-order valence-corrected chi connectivity index (χ4v) is 4.20. The number of nitrogens with zero attached hydrogens (tertiary/aromatic N) is 2. The van der Waals surface area contributed by atoms with Crippen molar-refractivity contribution in [2.75, 3.05) is 32.8 Å². The summed E-state index contributed by atoms with van der Waals surface area (Å²) in [6.45, 7) is 4.75. The van der Waals surface area contributed by atoms with E-state index in [9.17, 15) is 0 Å². The molecule has 2 heterocycles. The first-order valence-corrected chi connectivity index (χ1v) is 12.6. The van der Waals surface area contributed by atoms with Crippen LogP contribution in [0.25, 0.3) is 0 Å². The number of rotatable bonds is 6. The maximum absolute atomic E-state index is 6.01. The molecular formula is C21H25AsN2O2. The molecule has 0 aliphatic carbocycles. The van der Waals surface area contributed by atoms with Gasteiger partial charge in [-0.25, -0.2) is 0 Å². The summed E-state index contributed by atoms with van der Waals surface area (Å²) in [4.78, 5) is 6.52. The number of hydrogen-bond donors (Lipinski definition) is 0. The molecule has 2 aromatic rings. The van der Waals surface area contributed by atoms with Gasteiger partial charge in [0.05, 0.1) is 0 Å². The number of pyridine rings is 1. The van der Waals surface area contributed by atoms with Gasteiger partial charge in [-0.3, -0.25) is 0 Å². The topological polar surface area (TPSA) is 34.6 Å². The van der Waals surface area contributed by atoms with E-state index in [2.05, 4.69) is 33.5 Å². The van der Waals surface area contributed by atoms with Gasteiger partial charge >= 0.3 is 162 Å². The van der Waals surface area contributed by atoms with Gasteiger partial charge in [0.2, 0.25) is 0 Å². The Bertz CT molecular complexity index is 750. The summed E-state index contributed by atoms with van der Waals surface area (Å²) in [5, 5.41) is 1.10. The first-order chi connectivity index (χ1) is 12.8. The molecule has 0 amide bonds. The molecule has 0 saturated carbocycles. The van der Waals surface area contributed by atoms with Crippen molar-refractivity contribution < 1.29 is 9.47 Å². The van der Waals surface area contributed by atoms with E-state index in [1.54, 1.807) is 12.4 Å². The predicted molar refractivity (Wildman–Crippen MR) is 106 cm³/mol. The van der Waals surface area contributed by atoms with Crippen molar-refractivity contribution in [3.8, 4) is 23.3 Å². The van der Waals surface area contributed by atoms with Gasteiger partial charge in [0, 0.05) is 0 Å². The second-order valence-corrected chi connectivity index (χ2v) is 8.37. The van der Waals surface area contributed by atoms with Crippen molar-refractivity contribution in [3.05, 3.63) is 53.9 Å². The zero-order valence-corrected chi connectivity index (χ0v) is 17.3. The molecule has 0 radical (unpaired) electrons.